The molecule has 2 nitrogen and oxygen atoms in total. The fourth-order valence-electron chi connectivity index (χ4n) is 1.52. The Morgan fingerprint density at radius 2 is 2.44 bits per heavy atom. The normalized spacial score (nSPS) is 32.0. The van der Waals surface area contributed by atoms with Crippen LogP contribution in [0.5, 0.6) is 0 Å². The summed E-state index contributed by atoms with van der Waals surface area (Å²) in [6.07, 6.45) is 2.55. The summed E-state index contributed by atoms with van der Waals surface area (Å²) in [5.74, 6) is 0. The Morgan fingerprint density at radius 1 is 1.56 bits per heavy atom. The summed E-state index contributed by atoms with van der Waals surface area (Å²) in [6.45, 7) is 5.23. The molecule has 2 aliphatic rings. The minimum atomic E-state index is 0.443. The molecule has 2 saturated heterocycles. The van der Waals surface area contributed by atoms with Gasteiger partial charge in [-0.3, -0.25) is 0 Å². The van der Waals surface area contributed by atoms with Crippen molar-refractivity contribution >= 4 is 0 Å². The molecule has 0 aromatic rings. The topological polar surface area (TPSA) is 21.3 Å². The standard InChI is InChI=1S/C7H12NO/c1-2-7(4-8-5-7)6-9-3-1/h4,8H,1-3,5-6H2. The minimum Gasteiger partial charge on any atom is -0.381 e. The van der Waals surface area contributed by atoms with E-state index in [0.717, 1.165) is 19.8 Å². The summed E-state index contributed by atoms with van der Waals surface area (Å²) in [7, 11) is 0. The van der Waals surface area contributed by atoms with Gasteiger partial charge in [0.25, 0.3) is 0 Å². The van der Waals surface area contributed by atoms with E-state index in [4.69, 9.17) is 4.74 Å². The van der Waals surface area contributed by atoms with Gasteiger partial charge in [-0.25, -0.2) is 0 Å². The third-order valence-corrected chi connectivity index (χ3v) is 2.22. The predicted octanol–water partition coefficient (Wildman–Crippen LogP) is 0.548. The first-order valence-electron chi connectivity index (χ1n) is 3.57. The van der Waals surface area contributed by atoms with E-state index in [1.807, 2.05) is 0 Å². The van der Waals surface area contributed by atoms with Crippen LogP contribution < -0.4 is 5.32 Å². The lowest BCUT2D eigenvalue weighted by atomic mass is 9.77. The summed E-state index contributed by atoms with van der Waals surface area (Å²) >= 11 is 0. The predicted molar refractivity (Wildman–Crippen MR) is 34.8 cm³/mol. The zero-order chi connectivity index (χ0) is 6.16. The molecule has 2 aliphatic heterocycles. The molecule has 2 fully saturated rings. The van der Waals surface area contributed by atoms with Crippen molar-refractivity contribution in [2.24, 2.45) is 5.41 Å². The monoisotopic (exact) mass is 126 g/mol. The molecule has 1 spiro atoms. The van der Waals surface area contributed by atoms with Crippen molar-refractivity contribution in [3.05, 3.63) is 6.54 Å². The molecule has 1 unspecified atom stereocenters. The van der Waals surface area contributed by atoms with Crippen molar-refractivity contribution in [2.45, 2.75) is 12.8 Å². The van der Waals surface area contributed by atoms with Crippen molar-refractivity contribution in [3.63, 3.8) is 0 Å². The highest BCUT2D eigenvalue weighted by molar-refractivity contribution is 5.02. The van der Waals surface area contributed by atoms with Crippen LogP contribution in [0.25, 0.3) is 0 Å². The van der Waals surface area contributed by atoms with E-state index in [1.54, 1.807) is 0 Å². The van der Waals surface area contributed by atoms with Gasteiger partial charge in [-0.2, -0.15) is 0 Å². The SMILES string of the molecule is [CH]1NCC12CCCOC2. The van der Waals surface area contributed by atoms with Crippen LogP contribution in [0.4, 0.5) is 0 Å². The second-order valence-corrected chi connectivity index (χ2v) is 3.04. The molecule has 2 heterocycles. The van der Waals surface area contributed by atoms with Crippen LogP contribution in [-0.4, -0.2) is 19.8 Å². The number of hydrogen-bond acceptors (Lipinski definition) is 2. The highest BCUT2D eigenvalue weighted by Crippen LogP contribution is 2.34. The second-order valence-electron chi connectivity index (χ2n) is 3.04. The molecule has 0 amide bonds. The Kier molecular flexibility index (Phi) is 1.24. The maximum atomic E-state index is 5.36. The van der Waals surface area contributed by atoms with Crippen molar-refractivity contribution in [2.75, 3.05) is 19.8 Å². The Hall–Kier alpha value is -0.0800. The van der Waals surface area contributed by atoms with Crippen molar-refractivity contribution in [1.29, 1.82) is 0 Å². The van der Waals surface area contributed by atoms with Crippen LogP contribution in [0.2, 0.25) is 0 Å². The summed E-state index contributed by atoms with van der Waals surface area (Å²) < 4.78 is 5.36. The highest BCUT2D eigenvalue weighted by Gasteiger charge is 2.38. The summed E-state index contributed by atoms with van der Waals surface area (Å²) in [5, 5.41) is 3.17. The fraction of sp³-hybridized carbons (Fsp3) is 0.857. The van der Waals surface area contributed by atoms with E-state index in [2.05, 4.69) is 11.9 Å². The average molecular weight is 126 g/mol. The van der Waals surface area contributed by atoms with Crippen molar-refractivity contribution in [3.8, 4) is 0 Å². The van der Waals surface area contributed by atoms with Gasteiger partial charge in [0.2, 0.25) is 0 Å². The van der Waals surface area contributed by atoms with Crippen LogP contribution in [-0.2, 0) is 4.74 Å². The molecule has 2 rings (SSSR count). The summed E-state index contributed by atoms with van der Waals surface area (Å²) in [5.41, 5.74) is 0.443. The Morgan fingerprint density at radius 3 is 2.78 bits per heavy atom. The summed E-state index contributed by atoms with van der Waals surface area (Å²) in [6, 6.07) is 0. The minimum absolute atomic E-state index is 0.443. The van der Waals surface area contributed by atoms with Crippen LogP contribution in [0.3, 0.4) is 0 Å². The third kappa shape index (κ3) is 0.864. The van der Waals surface area contributed by atoms with Gasteiger partial charge < -0.3 is 10.1 Å². The maximum absolute atomic E-state index is 5.36. The fourth-order valence-corrected chi connectivity index (χ4v) is 1.52. The van der Waals surface area contributed by atoms with Crippen LogP contribution >= 0.6 is 0 Å². The van der Waals surface area contributed by atoms with Crippen LogP contribution in [0.1, 0.15) is 12.8 Å². The molecule has 1 atom stereocenters. The lowest BCUT2D eigenvalue weighted by molar-refractivity contribution is -0.0154. The smallest absolute Gasteiger partial charge is 0.0550 e. The van der Waals surface area contributed by atoms with Gasteiger partial charge >= 0.3 is 0 Å². The number of ether oxygens (including phenoxy) is 1. The van der Waals surface area contributed by atoms with Gasteiger partial charge in [0.15, 0.2) is 0 Å². The molecule has 1 N–H and O–H groups in total. The molecule has 2 heteroatoms. The lowest BCUT2D eigenvalue weighted by Crippen LogP contribution is -2.53. The first kappa shape index (κ1) is 5.69. The Bertz CT molecular complexity index is 101. The average Bonchev–Trinajstić information content (AvgIpc) is 1.87. The van der Waals surface area contributed by atoms with E-state index in [1.165, 1.54) is 12.8 Å². The van der Waals surface area contributed by atoms with Gasteiger partial charge in [0.05, 0.1) is 6.61 Å². The van der Waals surface area contributed by atoms with Gasteiger partial charge in [-0.1, -0.05) is 0 Å². The maximum Gasteiger partial charge on any atom is 0.0550 e. The molecule has 0 bridgehead atoms. The van der Waals surface area contributed by atoms with Gasteiger partial charge in [0, 0.05) is 25.1 Å². The van der Waals surface area contributed by atoms with Crippen molar-refractivity contribution < 1.29 is 4.74 Å². The lowest BCUT2D eigenvalue weighted by Gasteiger charge is -2.44. The first-order valence-corrected chi connectivity index (χ1v) is 3.57. The third-order valence-electron chi connectivity index (χ3n) is 2.22. The number of nitrogens with one attached hydrogen (secondary N) is 1. The van der Waals surface area contributed by atoms with Gasteiger partial charge in [-0.15, -0.1) is 0 Å². The summed E-state index contributed by atoms with van der Waals surface area (Å²) in [4.78, 5) is 0. The zero-order valence-corrected chi connectivity index (χ0v) is 5.52. The van der Waals surface area contributed by atoms with Gasteiger partial charge in [0.1, 0.15) is 0 Å². The van der Waals surface area contributed by atoms with E-state index in [-0.39, 0.29) is 0 Å². The number of hydrogen-bond donors (Lipinski definition) is 1. The zero-order valence-electron chi connectivity index (χ0n) is 5.52. The quantitative estimate of drug-likeness (QED) is 0.511. The first-order chi connectivity index (χ1) is 4.41. The highest BCUT2D eigenvalue weighted by atomic mass is 16.5. The van der Waals surface area contributed by atoms with Gasteiger partial charge in [-0.05, 0) is 12.8 Å². The van der Waals surface area contributed by atoms with Crippen molar-refractivity contribution in [1.82, 2.24) is 5.32 Å². The van der Waals surface area contributed by atoms with E-state index < -0.39 is 0 Å². The molecular formula is C7H12NO. The second kappa shape index (κ2) is 1.96. The molecule has 0 aromatic heterocycles. The Balaban J connectivity index is 1.93. The van der Waals surface area contributed by atoms with E-state index in [0.29, 0.717) is 5.41 Å². The van der Waals surface area contributed by atoms with Crippen LogP contribution in [0, 0.1) is 12.0 Å². The molecule has 0 aliphatic carbocycles. The van der Waals surface area contributed by atoms with E-state index in [9.17, 15) is 0 Å². The molecule has 0 aromatic carbocycles. The molecule has 51 valence electrons. The molecule has 9 heavy (non-hydrogen) atoms. The largest absolute Gasteiger partial charge is 0.381 e. The molecular weight excluding hydrogens is 114 g/mol. The van der Waals surface area contributed by atoms with Crippen LogP contribution in [0.15, 0.2) is 0 Å². The molecule has 0 saturated carbocycles. The van der Waals surface area contributed by atoms with E-state index >= 15 is 0 Å². The Labute approximate surface area is 55.6 Å². The number of rotatable bonds is 0. The molecule has 1 radical (unpaired) electrons.